The molecule has 1 aliphatic rings. The van der Waals surface area contributed by atoms with Crippen LogP contribution in [0.15, 0.2) is 66.0 Å². The van der Waals surface area contributed by atoms with Crippen molar-refractivity contribution in [3.05, 3.63) is 92.6 Å². The molecule has 6 heteroatoms. The van der Waals surface area contributed by atoms with Crippen LogP contribution < -0.4 is 0 Å². The highest BCUT2D eigenvalue weighted by molar-refractivity contribution is 7.10. The fourth-order valence-electron chi connectivity index (χ4n) is 4.57. The van der Waals surface area contributed by atoms with Gasteiger partial charge in [-0.3, -0.25) is 9.59 Å². The van der Waals surface area contributed by atoms with Crippen molar-refractivity contribution in [2.75, 3.05) is 6.54 Å². The van der Waals surface area contributed by atoms with Crippen LogP contribution in [0.2, 0.25) is 5.02 Å². The van der Waals surface area contributed by atoms with E-state index in [2.05, 4.69) is 18.4 Å². The molecule has 0 spiro atoms. The Labute approximate surface area is 211 Å². The minimum Gasteiger partial charge on any atom is -0.332 e. The molecular weight excluding hydrogens is 464 g/mol. The lowest BCUT2D eigenvalue weighted by atomic mass is 9.93. The Morgan fingerprint density at radius 1 is 0.971 bits per heavy atom. The summed E-state index contributed by atoms with van der Waals surface area (Å²) in [5.74, 6) is -0.146. The average molecular weight is 495 g/mol. The zero-order chi connectivity index (χ0) is 23.9. The maximum absolute atomic E-state index is 13.8. The number of halogens is 1. The van der Waals surface area contributed by atoms with Crippen LogP contribution in [0.3, 0.4) is 0 Å². The predicted octanol–water partition coefficient (Wildman–Crippen LogP) is 6.71. The molecule has 0 N–H and O–H groups in total. The molecule has 3 aromatic rings. The summed E-state index contributed by atoms with van der Waals surface area (Å²) >= 11 is 7.84. The Hall–Kier alpha value is -2.63. The monoisotopic (exact) mass is 494 g/mol. The van der Waals surface area contributed by atoms with Gasteiger partial charge in [0.1, 0.15) is 6.54 Å². The maximum Gasteiger partial charge on any atom is 0.254 e. The highest BCUT2D eigenvalue weighted by Gasteiger charge is 2.30. The van der Waals surface area contributed by atoms with Gasteiger partial charge in [0.15, 0.2) is 0 Å². The van der Waals surface area contributed by atoms with E-state index >= 15 is 0 Å². The molecule has 0 unspecified atom stereocenters. The van der Waals surface area contributed by atoms with E-state index in [0.717, 1.165) is 31.2 Å². The van der Waals surface area contributed by atoms with Gasteiger partial charge >= 0.3 is 0 Å². The van der Waals surface area contributed by atoms with Gasteiger partial charge in [-0.2, -0.15) is 0 Å². The summed E-state index contributed by atoms with van der Waals surface area (Å²) in [5, 5.41) is 2.59. The molecule has 2 amide bonds. The Morgan fingerprint density at radius 2 is 1.74 bits per heavy atom. The van der Waals surface area contributed by atoms with Gasteiger partial charge in [-0.15, -0.1) is 11.3 Å². The van der Waals surface area contributed by atoms with Crippen LogP contribution in [0.25, 0.3) is 0 Å². The third-order valence-electron chi connectivity index (χ3n) is 6.53. The molecule has 4 rings (SSSR count). The maximum atomic E-state index is 13.8. The summed E-state index contributed by atoms with van der Waals surface area (Å²) < 4.78 is 0. The standard InChI is InChI=1S/C28H31ClN2O2S/c1-21-15-16-34-26(21)19-30(18-22-9-4-2-5-10-22)27(32)20-31(25-13-6-3-7-14-25)28(33)23-11-8-12-24(29)17-23/h2,4-5,8-12,15-17,25H,3,6-7,13-14,18-20H2,1H3. The first kappa shape index (κ1) is 24.5. The summed E-state index contributed by atoms with van der Waals surface area (Å²) in [6, 6.07) is 19.2. The summed E-state index contributed by atoms with van der Waals surface area (Å²) in [6.45, 7) is 3.21. The normalized spacial score (nSPS) is 14.1. The van der Waals surface area contributed by atoms with Gasteiger partial charge in [0.2, 0.25) is 5.91 Å². The molecule has 178 valence electrons. The smallest absolute Gasteiger partial charge is 0.254 e. The molecule has 1 aliphatic carbocycles. The number of carbonyl (C=O) groups excluding carboxylic acids is 2. The molecule has 0 aliphatic heterocycles. The number of nitrogens with zero attached hydrogens (tertiary/aromatic N) is 2. The first-order valence-electron chi connectivity index (χ1n) is 11.9. The van der Waals surface area contributed by atoms with Crippen LogP contribution in [0, 0.1) is 6.92 Å². The molecule has 0 atom stereocenters. The van der Waals surface area contributed by atoms with Crippen molar-refractivity contribution < 1.29 is 9.59 Å². The highest BCUT2D eigenvalue weighted by Crippen LogP contribution is 2.26. The number of benzene rings is 2. The molecule has 1 heterocycles. The molecule has 4 nitrogen and oxygen atoms in total. The molecule has 1 aromatic heterocycles. The van der Waals surface area contributed by atoms with E-state index in [1.807, 2.05) is 35.2 Å². The van der Waals surface area contributed by atoms with Gasteiger partial charge in [-0.25, -0.2) is 0 Å². The van der Waals surface area contributed by atoms with E-state index in [1.54, 1.807) is 40.5 Å². The zero-order valence-corrected chi connectivity index (χ0v) is 21.2. The van der Waals surface area contributed by atoms with E-state index < -0.39 is 0 Å². The van der Waals surface area contributed by atoms with Crippen LogP contribution in [-0.2, 0) is 17.9 Å². The summed E-state index contributed by atoms with van der Waals surface area (Å²) in [4.78, 5) is 32.2. The second-order valence-corrected chi connectivity index (χ2v) is 10.4. The summed E-state index contributed by atoms with van der Waals surface area (Å²) in [6.07, 6.45) is 5.21. The predicted molar refractivity (Wildman–Crippen MR) is 139 cm³/mol. The van der Waals surface area contributed by atoms with Crippen molar-refractivity contribution in [2.24, 2.45) is 0 Å². The largest absolute Gasteiger partial charge is 0.332 e. The second kappa shape index (κ2) is 11.7. The van der Waals surface area contributed by atoms with Gasteiger partial charge in [-0.05, 0) is 60.5 Å². The van der Waals surface area contributed by atoms with Crippen molar-refractivity contribution >= 4 is 34.8 Å². The summed E-state index contributed by atoms with van der Waals surface area (Å²) in [7, 11) is 0. The first-order chi connectivity index (χ1) is 16.5. The van der Waals surface area contributed by atoms with Crippen molar-refractivity contribution in [2.45, 2.75) is 58.2 Å². The third kappa shape index (κ3) is 6.28. The minimum absolute atomic E-state index is 0.0300. The lowest BCUT2D eigenvalue weighted by Crippen LogP contribution is -2.48. The van der Waals surface area contributed by atoms with Crippen LogP contribution in [0.4, 0.5) is 0 Å². The topological polar surface area (TPSA) is 40.6 Å². The van der Waals surface area contributed by atoms with E-state index in [1.165, 1.54) is 16.9 Å². The number of carbonyl (C=O) groups is 2. The molecule has 2 aromatic carbocycles. The number of amides is 2. The van der Waals surface area contributed by atoms with Crippen molar-refractivity contribution in [3.8, 4) is 0 Å². The Morgan fingerprint density at radius 3 is 2.41 bits per heavy atom. The SMILES string of the molecule is Cc1ccsc1CN(Cc1ccccc1)C(=O)CN(C(=O)c1cccc(Cl)c1)C1CCCCC1. The van der Waals surface area contributed by atoms with Gasteiger partial charge in [0.25, 0.3) is 5.91 Å². The molecule has 34 heavy (non-hydrogen) atoms. The summed E-state index contributed by atoms with van der Waals surface area (Å²) in [5.41, 5.74) is 2.81. The van der Waals surface area contributed by atoms with Crippen LogP contribution in [0.5, 0.6) is 0 Å². The van der Waals surface area contributed by atoms with Gasteiger partial charge < -0.3 is 9.80 Å². The molecule has 1 saturated carbocycles. The van der Waals surface area contributed by atoms with Crippen LogP contribution in [-0.4, -0.2) is 34.2 Å². The number of rotatable bonds is 8. The zero-order valence-electron chi connectivity index (χ0n) is 19.6. The molecule has 0 radical (unpaired) electrons. The van der Waals surface area contributed by atoms with Crippen molar-refractivity contribution in [1.29, 1.82) is 0 Å². The number of hydrogen-bond acceptors (Lipinski definition) is 3. The Bertz CT molecular complexity index is 1110. The first-order valence-corrected chi connectivity index (χ1v) is 13.2. The van der Waals surface area contributed by atoms with E-state index in [9.17, 15) is 9.59 Å². The van der Waals surface area contributed by atoms with Crippen LogP contribution >= 0.6 is 22.9 Å². The number of thiophene rings is 1. The number of hydrogen-bond donors (Lipinski definition) is 0. The van der Waals surface area contributed by atoms with Gasteiger partial charge in [0, 0.05) is 28.0 Å². The lowest BCUT2D eigenvalue weighted by molar-refractivity contribution is -0.133. The van der Waals surface area contributed by atoms with Gasteiger partial charge in [0.05, 0.1) is 6.54 Å². The molecule has 0 bridgehead atoms. The fraction of sp³-hybridized carbons (Fsp3) is 0.357. The number of aryl methyl sites for hydroxylation is 1. The van der Waals surface area contributed by atoms with Crippen molar-refractivity contribution in [1.82, 2.24) is 9.80 Å². The van der Waals surface area contributed by atoms with E-state index in [4.69, 9.17) is 11.6 Å². The molecular formula is C28H31ClN2O2S. The van der Waals surface area contributed by atoms with Gasteiger partial charge in [-0.1, -0.05) is 67.3 Å². The molecule has 1 fully saturated rings. The fourth-order valence-corrected chi connectivity index (χ4v) is 5.68. The third-order valence-corrected chi connectivity index (χ3v) is 7.77. The average Bonchev–Trinajstić information content (AvgIpc) is 3.27. The Balaban J connectivity index is 1.59. The highest BCUT2D eigenvalue weighted by atomic mass is 35.5. The van der Waals surface area contributed by atoms with Crippen molar-refractivity contribution in [3.63, 3.8) is 0 Å². The lowest BCUT2D eigenvalue weighted by Gasteiger charge is -2.35. The van der Waals surface area contributed by atoms with E-state index in [-0.39, 0.29) is 24.4 Å². The minimum atomic E-state index is -0.116. The van der Waals surface area contributed by atoms with Crippen LogP contribution in [0.1, 0.15) is 58.5 Å². The second-order valence-electron chi connectivity index (χ2n) is 9.00. The Kier molecular flexibility index (Phi) is 8.41. The van der Waals surface area contributed by atoms with E-state index in [0.29, 0.717) is 23.7 Å². The quantitative estimate of drug-likeness (QED) is 0.349. The molecule has 0 saturated heterocycles.